The zero-order valence-electron chi connectivity index (χ0n) is 13.0. The van der Waals surface area contributed by atoms with Gasteiger partial charge in [-0.2, -0.15) is 0 Å². The molecule has 0 atom stereocenters. The second kappa shape index (κ2) is 5.83. The number of hydrogen-bond acceptors (Lipinski definition) is 2. The van der Waals surface area contributed by atoms with Crippen molar-refractivity contribution in [2.24, 2.45) is 0 Å². The number of nitrogens with zero attached hydrogens (tertiary/aromatic N) is 2. The maximum atomic E-state index is 13.3. The van der Waals surface area contributed by atoms with Crippen LogP contribution in [-0.2, 0) is 17.8 Å². The van der Waals surface area contributed by atoms with Crippen LogP contribution in [0.15, 0.2) is 42.5 Å². The fourth-order valence-corrected chi connectivity index (χ4v) is 2.77. The minimum Gasteiger partial charge on any atom is -0.345 e. The lowest BCUT2D eigenvalue weighted by Crippen LogP contribution is -2.26. The highest BCUT2D eigenvalue weighted by molar-refractivity contribution is 6.03. The van der Waals surface area contributed by atoms with Crippen molar-refractivity contribution in [3.63, 3.8) is 0 Å². The van der Waals surface area contributed by atoms with E-state index in [1.807, 2.05) is 0 Å². The lowest BCUT2D eigenvalue weighted by atomic mass is 10.1. The van der Waals surface area contributed by atoms with Gasteiger partial charge in [-0.05, 0) is 41.5 Å². The standard InChI is InChI=1S/C18H17FN2O2/c1-20(2)18(23)13-6-7-16-14(9-13)10-17(22)21(16)11-12-4-3-5-15(19)8-12/h3-9H,10-11H2,1-2H3. The highest BCUT2D eigenvalue weighted by Gasteiger charge is 2.28. The van der Waals surface area contributed by atoms with E-state index in [1.54, 1.807) is 49.3 Å². The molecule has 0 aromatic heterocycles. The molecule has 5 heteroatoms. The van der Waals surface area contributed by atoms with Gasteiger partial charge in [0.2, 0.25) is 5.91 Å². The van der Waals surface area contributed by atoms with Gasteiger partial charge in [0.15, 0.2) is 0 Å². The summed E-state index contributed by atoms with van der Waals surface area (Å²) in [5, 5.41) is 0. The number of rotatable bonds is 3. The number of hydrogen-bond donors (Lipinski definition) is 0. The van der Waals surface area contributed by atoms with Crippen molar-refractivity contribution in [3.8, 4) is 0 Å². The number of halogens is 1. The van der Waals surface area contributed by atoms with Gasteiger partial charge < -0.3 is 9.80 Å². The fourth-order valence-electron chi connectivity index (χ4n) is 2.77. The highest BCUT2D eigenvalue weighted by atomic mass is 19.1. The summed E-state index contributed by atoms with van der Waals surface area (Å²) in [6.45, 7) is 0.324. The molecule has 0 fully saturated rings. The molecule has 0 aliphatic carbocycles. The van der Waals surface area contributed by atoms with Crippen LogP contribution in [0.1, 0.15) is 21.5 Å². The van der Waals surface area contributed by atoms with Crippen molar-refractivity contribution in [3.05, 3.63) is 65.0 Å². The molecular formula is C18H17FN2O2. The number of benzene rings is 2. The van der Waals surface area contributed by atoms with Crippen LogP contribution in [0.3, 0.4) is 0 Å². The molecule has 0 unspecified atom stereocenters. The first-order valence-corrected chi connectivity index (χ1v) is 7.35. The zero-order chi connectivity index (χ0) is 16.6. The summed E-state index contributed by atoms with van der Waals surface area (Å²) in [5.41, 5.74) is 2.92. The molecule has 2 amide bonds. The number of amides is 2. The second-order valence-electron chi connectivity index (χ2n) is 5.83. The van der Waals surface area contributed by atoms with E-state index < -0.39 is 0 Å². The first kappa shape index (κ1) is 15.2. The van der Waals surface area contributed by atoms with Gasteiger partial charge in [-0.1, -0.05) is 12.1 Å². The zero-order valence-corrected chi connectivity index (χ0v) is 13.0. The maximum Gasteiger partial charge on any atom is 0.253 e. The summed E-state index contributed by atoms with van der Waals surface area (Å²) >= 11 is 0. The Labute approximate surface area is 134 Å². The van der Waals surface area contributed by atoms with Crippen LogP contribution in [0.4, 0.5) is 10.1 Å². The van der Waals surface area contributed by atoms with Gasteiger partial charge in [0.25, 0.3) is 5.91 Å². The molecule has 1 aliphatic rings. The Bertz CT molecular complexity index is 786. The lowest BCUT2D eigenvalue weighted by Gasteiger charge is -2.18. The van der Waals surface area contributed by atoms with E-state index in [1.165, 1.54) is 17.0 Å². The first-order chi connectivity index (χ1) is 11.0. The van der Waals surface area contributed by atoms with Crippen molar-refractivity contribution >= 4 is 17.5 Å². The molecule has 4 nitrogen and oxygen atoms in total. The van der Waals surface area contributed by atoms with E-state index in [0.29, 0.717) is 12.1 Å². The van der Waals surface area contributed by atoms with Gasteiger partial charge in [-0.3, -0.25) is 9.59 Å². The van der Waals surface area contributed by atoms with Gasteiger partial charge in [0.1, 0.15) is 5.82 Å². The summed E-state index contributed by atoms with van der Waals surface area (Å²) in [6.07, 6.45) is 0.263. The van der Waals surface area contributed by atoms with Crippen LogP contribution in [0.2, 0.25) is 0 Å². The van der Waals surface area contributed by atoms with E-state index in [-0.39, 0.29) is 24.1 Å². The van der Waals surface area contributed by atoms with E-state index in [9.17, 15) is 14.0 Å². The molecule has 2 aromatic carbocycles. The normalized spacial score (nSPS) is 13.2. The molecule has 0 radical (unpaired) electrons. The molecule has 0 bridgehead atoms. The Morgan fingerprint density at radius 2 is 2.00 bits per heavy atom. The summed E-state index contributed by atoms with van der Waals surface area (Å²) in [7, 11) is 3.38. The number of anilines is 1. The third-order valence-electron chi connectivity index (χ3n) is 3.90. The molecule has 118 valence electrons. The van der Waals surface area contributed by atoms with E-state index >= 15 is 0 Å². The SMILES string of the molecule is CN(C)C(=O)c1ccc2c(c1)CC(=O)N2Cc1cccc(F)c1. The summed E-state index contributed by atoms with van der Waals surface area (Å²) in [6, 6.07) is 11.5. The van der Waals surface area contributed by atoms with Gasteiger partial charge in [-0.15, -0.1) is 0 Å². The monoisotopic (exact) mass is 312 g/mol. The molecule has 23 heavy (non-hydrogen) atoms. The first-order valence-electron chi connectivity index (χ1n) is 7.35. The van der Waals surface area contributed by atoms with Crippen LogP contribution in [0, 0.1) is 5.82 Å². The van der Waals surface area contributed by atoms with Crippen LogP contribution in [0.5, 0.6) is 0 Å². The Hall–Kier alpha value is -2.69. The Balaban J connectivity index is 1.89. The molecule has 0 spiro atoms. The van der Waals surface area contributed by atoms with Crippen molar-refractivity contribution in [1.29, 1.82) is 0 Å². The third-order valence-corrected chi connectivity index (χ3v) is 3.90. The quantitative estimate of drug-likeness (QED) is 0.874. The topological polar surface area (TPSA) is 40.6 Å². The van der Waals surface area contributed by atoms with Gasteiger partial charge >= 0.3 is 0 Å². The second-order valence-corrected chi connectivity index (χ2v) is 5.83. The van der Waals surface area contributed by atoms with Gasteiger partial charge in [0.05, 0.1) is 13.0 Å². The van der Waals surface area contributed by atoms with Crippen molar-refractivity contribution < 1.29 is 14.0 Å². The fraction of sp³-hybridized carbons (Fsp3) is 0.222. The lowest BCUT2D eigenvalue weighted by molar-refractivity contribution is -0.117. The van der Waals surface area contributed by atoms with Gasteiger partial charge in [0, 0.05) is 25.3 Å². The average Bonchev–Trinajstić information content (AvgIpc) is 2.81. The number of carbonyl (C=O) groups is 2. The summed E-state index contributed by atoms with van der Waals surface area (Å²) in [4.78, 5) is 27.4. The molecule has 1 heterocycles. The Kier molecular flexibility index (Phi) is 3.86. The van der Waals surface area contributed by atoms with E-state index in [0.717, 1.165) is 16.8 Å². The van der Waals surface area contributed by atoms with Crippen LogP contribution in [-0.4, -0.2) is 30.8 Å². The largest absolute Gasteiger partial charge is 0.345 e. The molecule has 3 rings (SSSR count). The maximum absolute atomic E-state index is 13.3. The molecule has 1 aliphatic heterocycles. The molecule has 0 N–H and O–H groups in total. The predicted molar refractivity (Wildman–Crippen MR) is 85.8 cm³/mol. The minimum atomic E-state index is -0.318. The van der Waals surface area contributed by atoms with Crippen molar-refractivity contribution in [2.75, 3.05) is 19.0 Å². The molecule has 2 aromatic rings. The number of fused-ring (bicyclic) bond motifs is 1. The Morgan fingerprint density at radius 3 is 2.70 bits per heavy atom. The van der Waals surface area contributed by atoms with Gasteiger partial charge in [-0.25, -0.2) is 4.39 Å². The molecule has 0 saturated heterocycles. The van der Waals surface area contributed by atoms with Crippen LogP contribution < -0.4 is 4.90 Å². The third kappa shape index (κ3) is 2.95. The summed E-state index contributed by atoms with van der Waals surface area (Å²) in [5.74, 6) is -0.455. The van der Waals surface area contributed by atoms with Crippen LogP contribution in [0.25, 0.3) is 0 Å². The molecular weight excluding hydrogens is 295 g/mol. The number of carbonyl (C=O) groups excluding carboxylic acids is 2. The van der Waals surface area contributed by atoms with Crippen LogP contribution >= 0.6 is 0 Å². The Morgan fingerprint density at radius 1 is 1.22 bits per heavy atom. The van der Waals surface area contributed by atoms with Crippen molar-refractivity contribution in [1.82, 2.24) is 4.90 Å². The average molecular weight is 312 g/mol. The summed E-state index contributed by atoms with van der Waals surface area (Å²) < 4.78 is 13.3. The predicted octanol–water partition coefficient (Wildman–Crippen LogP) is 2.62. The minimum absolute atomic E-state index is 0.0429. The van der Waals surface area contributed by atoms with Crippen molar-refractivity contribution in [2.45, 2.75) is 13.0 Å². The highest BCUT2D eigenvalue weighted by Crippen LogP contribution is 2.31. The van der Waals surface area contributed by atoms with E-state index in [4.69, 9.17) is 0 Å². The smallest absolute Gasteiger partial charge is 0.253 e. The van der Waals surface area contributed by atoms with E-state index in [2.05, 4.69) is 0 Å². The molecule has 0 saturated carbocycles.